The maximum Gasteiger partial charge on any atom is 0.274 e. The van der Waals surface area contributed by atoms with E-state index in [2.05, 4.69) is 38.6 Å². The van der Waals surface area contributed by atoms with Gasteiger partial charge < -0.3 is 9.47 Å². The molecule has 146 valence electrons. The molecule has 0 unspecified atom stereocenters. The van der Waals surface area contributed by atoms with Crippen LogP contribution in [-0.2, 0) is 6.54 Å². The molecular formula is C21H26N6O. The first-order valence-electron chi connectivity index (χ1n) is 9.86. The van der Waals surface area contributed by atoms with Crippen molar-refractivity contribution in [3.63, 3.8) is 0 Å². The highest BCUT2D eigenvalue weighted by Crippen LogP contribution is 2.27. The molecule has 28 heavy (non-hydrogen) atoms. The van der Waals surface area contributed by atoms with Crippen LogP contribution in [-0.4, -0.2) is 48.6 Å². The van der Waals surface area contributed by atoms with Crippen LogP contribution in [0.2, 0.25) is 0 Å². The third-order valence-electron chi connectivity index (χ3n) is 5.36. The Morgan fingerprint density at radius 2 is 2.11 bits per heavy atom. The van der Waals surface area contributed by atoms with Gasteiger partial charge in [-0.1, -0.05) is 13.8 Å². The first-order valence-corrected chi connectivity index (χ1v) is 9.86. The summed E-state index contributed by atoms with van der Waals surface area (Å²) in [6.07, 6.45) is 9.48. The molecule has 3 aromatic heterocycles. The summed E-state index contributed by atoms with van der Waals surface area (Å²) in [5.74, 6) is 1.60. The molecule has 1 aliphatic rings. The lowest BCUT2D eigenvalue weighted by molar-refractivity contribution is 0.0697. The van der Waals surface area contributed by atoms with E-state index in [9.17, 15) is 4.79 Å². The number of aromatic amines is 1. The topological polar surface area (TPSA) is 79.7 Å². The summed E-state index contributed by atoms with van der Waals surface area (Å²) < 4.78 is 2.18. The number of nitrogens with zero attached hydrogens (tertiary/aromatic N) is 5. The zero-order valence-corrected chi connectivity index (χ0v) is 16.4. The Kier molecular flexibility index (Phi) is 5.23. The molecule has 4 heterocycles. The highest BCUT2D eigenvalue weighted by atomic mass is 16.2. The third kappa shape index (κ3) is 3.83. The maximum absolute atomic E-state index is 12.9. The van der Waals surface area contributed by atoms with Crippen molar-refractivity contribution < 1.29 is 4.79 Å². The maximum atomic E-state index is 12.9. The second-order valence-corrected chi connectivity index (χ2v) is 7.72. The quantitative estimate of drug-likeness (QED) is 0.739. The van der Waals surface area contributed by atoms with Gasteiger partial charge in [-0.25, -0.2) is 4.98 Å². The number of carbonyl (C=O) groups is 1. The molecule has 0 radical (unpaired) electrons. The minimum Gasteiger partial charge on any atom is -0.337 e. The second kappa shape index (κ2) is 7.96. The van der Waals surface area contributed by atoms with E-state index in [1.807, 2.05) is 47.9 Å². The van der Waals surface area contributed by atoms with Crippen LogP contribution in [0.5, 0.6) is 0 Å². The lowest BCUT2D eigenvalue weighted by atomic mass is 9.96. The first kappa shape index (κ1) is 18.4. The van der Waals surface area contributed by atoms with E-state index in [1.54, 1.807) is 0 Å². The zero-order valence-electron chi connectivity index (χ0n) is 16.4. The molecule has 7 heteroatoms. The van der Waals surface area contributed by atoms with Gasteiger partial charge in [0.25, 0.3) is 5.91 Å². The van der Waals surface area contributed by atoms with Gasteiger partial charge >= 0.3 is 0 Å². The number of H-pyrrole nitrogens is 1. The number of rotatable bonds is 5. The Bertz CT molecular complexity index is 929. The van der Waals surface area contributed by atoms with Gasteiger partial charge in [-0.2, -0.15) is 5.10 Å². The normalized spacial score (nSPS) is 17.2. The minimum absolute atomic E-state index is 0.0000832. The summed E-state index contributed by atoms with van der Waals surface area (Å²) in [7, 11) is 0. The number of aromatic nitrogens is 5. The number of hydrogen-bond donors (Lipinski definition) is 1. The predicted molar refractivity (Wildman–Crippen MR) is 106 cm³/mol. The van der Waals surface area contributed by atoms with Crippen molar-refractivity contribution in [2.75, 3.05) is 13.1 Å². The predicted octanol–water partition coefficient (Wildman–Crippen LogP) is 3.19. The Balaban J connectivity index is 1.48. The Hall–Kier alpha value is -2.96. The number of likely N-dealkylation sites (tertiary alicyclic amines) is 1. The van der Waals surface area contributed by atoms with Crippen LogP contribution in [0.25, 0.3) is 0 Å². The van der Waals surface area contributed by atoms with E-state index < -0.39 is 0 Å². The van der Waals surface area contributed by atoms with Crippen molar-refractivity contribution in [2.45, 2.75) is 45.1 Å². The monoisotopic (exact) mass is 378 g/mol. The summed E-state index contributed by atoms with van der Waals surface area (Å²) in [5.41, 5.74) is 2.69. The number of nitrogens with one attached hydrogen (secondary N) is 1. The highest BCUT2D eigenvalue weighted by Gasteiger charge is 2.29. The van der Waals surface area contributed by atoms with Gasteiger partial charge in [0, 0.05) is 56.0 Å². The van der Waals surface area contributed by atoms with E-state index in [-0.39, 0.29) is 11.8 Å². The van der Waals surface area contributed by atoms with Crippen LogP contribution in [0.1, 0.15) is 66.1 Å². The summed E-state index contributed by atoms with van der Waals surface area (Å²) >= 11 is 0. The molecule has 7 nitrogen and oxygen atoms in total. The van der Waals surface area contributed by atoms with Crippen molar-refractivity contribution in [1.29, 1.82) is 0 Å². The summed E-state index contributed by atoms with van der Waals surface area (Å²) in [5, 5.41) is 7.21. The zero-order chi connectivity index (χ0) is 19.5. The average Bonchev–Trinajstić information content (AvgIpc) is 3.38. The molecule has 0 aliphatic carbocycles. The van der Waals surface area contributed by atoms with Gasteiger partial charge in [0.2, 0.25) is 0 Å². The van der Waals surface area contributed by atoms with Crippen molar-refractivity contribution in [1.82, 2.24) is 29.6 Å². The van der Waals surface area contributed by atoms with Crippen molar-refractivity contribution in [2.24, 2.45) is 0 Å². The lowest BCUT2D eigenvalue weighted by Crippen LogP contribution is -2.40. The van der Waals surface area contributed by atoms with Crippen molar-refractivity contribution >= 4 is 5.91 Å². The van der Waals surface area contributed by atoms with E-state index >= 15 is 0 Å². The number of carbonyl (C=O) groups excluding carboxylic acids is 1. The number of piperidine rings is 1. The summed E-state index contributed by atoms with van der Waals surface area (Å²) in [6.45, 7) is 6.38. The standard InChI is InChI=1S/C21H26N6O/c1-15(2)18-12-19(25-24-18)21(28)27-10-3-4-17(14-27)20-23-9-11-26(20)13-16-5-7-22-8-6-16/h5-9,11-12,15,17H,3-4,10,13-14H2,1-2H3,(H,24,25)/t17-/m1/s1. The molecule has 0 bridgehead atoms. The van der Waals surface area contributed by atoms with E-state index in [4.69, 9.17) is 0 Å². The van der Waals surface area contributed by atoms with Crippen LogP contribution < -0.4 is 0 Å². The molecule has 3 aromatic rings. The molecule has 0 aromatic carbocycles. The van der Waals surface area contributed by atoms with Gasteiger partial charge in [0.1, 0.15) is 11.5 Å². The van der Waals surface area contributed by atoms with Crippen LogP contribution in [0.4, 0.5) is 0 Å². The highest BCUT2D eigenvalue weighted by molar-refractivity contribution is 5.92. The molecule has 1 atom stereocenters. The van der Waals surface area contributed by atoms with Gasteiger partial charge in [0.15, 0.2) is 0 Å². The van der Waals surface area contributed by atoms with Gasteiger partial charge in [-0.3, -0.25) is 14.9 Å². The Labute approximate surface area is 164 Å². The van der Waals surface area contributed by atoms with Gasteiger partial charge in [-0.05, 0) is 42.5 Å². The molecule has 1 N–H and O–H groups in total. The largest absolute Gasteiger partial charge is 0.337 e. The average molecular weight is 378 g/mol. The van der Waals surface area contributed by atoms with Crippen LogP contribution >= 0.6 is 0 Å². The Morgan fingerprint density at radius 3 is 2.86 bits per heavy atom. The summed E-state index contributed by atoms with van der Waals surface area (Å²) in [4.78, 5) is 23.6. The van der Waals surface area contributed by atoms with Gasteiger partial charge in [-0.15, -0.1) is 0 Å². The number of amides is 1. The molecule has 1 aliphatic heterocycles. The van der Waals surface area contributed by atoms with E-state index in [0.717, 1.165) is 37.4 Å². The molecule has 1 saturated heterocycles. The van der Waals surface area contributed by atoms with Crippen LogP contribution in [0.3, 0.4) is 0 Å². The summed E-state index contributed by atoms with van der Waals surface area (Å²) in [6, 6.07) is 5.91. The molecule has 1 fully saturated rings. The first-order chi connectivity index (χ1) is 13.6. The fourth-order valence-electron chi connectivity index (χ4n) is 3.78. The number of hydrogen-bond acceptors (Lipinski definition) is 4. The minimum atomic E-state index is 0.0000832. The molecule has 4 rings (SSSR count). The fraction of sp³-hybridized carbons (Fsp3) is 0.429. The number of pyridine rings is 1. The molecule has 1 amide bonds. The molecule has 0 spiro atoms. The Morgan fingerprint density at radius 1 is 1.29 bits per heavy atom. The third-order valence-corrected chi connectivity index (χ3v) is 5.36. The van der Waals surface area contributed by atoms with E-state index in [1.165, 1.54) is 5.56 Å². The fourth-order valence-corrected chi connectivity index (χ4v) is 3.78. The SMILES string of the molecule is CC(C)c1cc(C(=O)N2CCC[C@@H](c3nccn3Cc3ccncc3)C2)n[nH]1. The van der Waals surface area contributed by atoms with E-state index in [0.29, 0.717) is 18.2 Å². The molecule has 0 saturated carbocycles. The van der Waals surface area contributed by atoms with Crippen LogP contribution in [0.15, 0.2) is 43.0 Å². The number of imidazole rings is 1. The second-order valence-electron chi connectivity index (χ2n) is 7.72. The van der Waals surface area contributed by atoms with Crippen molar-refractivity contribution in [3.8, 4) is 0 Å². The lowest BCUT2D eigenvalue weighted by Gasteiger charge is -2.32. The van der Waals surface area contributed by atoms with Gasteiger partial charge in [0.05, 0.1) is 0 Å². The van der Waals surface area contributed by atoms with Crippen LogP contribution in [0, 0.1) is 0 Å². The van der Waals surface area contributed by atoms with Crippen molar-refractivity contribution in [3.05, 3.63) is 65.8 Å². The molecular weight excluding hydrogens is 352 g/mol. The smallest absolute Gasteiger partial charge is 0.274 e.